The van der Waals surface area contributed by atoms with Crippen molar-refractivity contribution in [2.45, 2.75) is 59.4 Å². The zero-order valence-corrected chi connectivity index (χ0v) is 13.8. The lowest BCUT2D eigenvalue weighted by Crippen LogP contribution is -2.33. The molecule has 0 unspecified atom stereocenters. The van der Waals surface area contributed by atoms with E-state index in [4.69, 9.17) is 0 Å². The quantitative estimate of drug-likeness (QED) is 0.896. The van der Waals surface area contributed by atoms with Gasteiger partial charge in [-0.3, -0.25) is 9.89 Å². The Morgan fingerprint density at radius 1 is 1.14 bits per heavy atom. The number of aryl methyl sites for hydroxylation is 1. The second-order valence-electron chi connectivity index (χ2n) is 6.75. The van der Waals surface area contributed by atoms with Crippen molar-refractivity contribution in [3.8, 4) is 11.3 Å². The van der Waals surface area contributed by atoms with Crippen LogP contribution in [-0.4, -0.2) is 9.78 Å². The third kappa shape index (κ3) is 3.29. The first-order valence-corrected chi connectivity index (χ1v) is 7.76. The third-order valence-corrected chi connectivity index (χ3v) is 3.78. The van der Waals surface area contributed by atoms with Gasteiger partial charge < -0.3 is 0 Å². The van der Waals surface area contributed by atoms with Crippen molar-refractivity contribution >= 4 is 0 Å². The van der Waals surface area contributed by atoms with Crippen LogP contribution in [0.5, 0.6) is 0 Å². The molecule has 3 nitrogen and oxygen atoms in total. The average molecular weight is 286 g/mol. The maximum atomic E-state index is 12.7. The van der Waals surface area contributed by atoms with Crippen LogP contribution in [0.2, 0.25) is 0 Å². The lowest BCUT2D eigenvalue weighted by Gasteiger charge is -2.19. The first-order valence-electron chi connectivity index (χ1n) is 7.76. The van der Waals surface area contributed by atoms with Gasteiger partial charge in [-0.15, -0.1) is 0 Å². The molecule has 0 radical (unpaired) electrons. The molecule has 0 aliphatic carbocycles. The summed E-state index contributed by atoms with van der Waals surface area (Å²) >= 11 is 0. The Hall–Kier alpha value is -1.77. The molecular weight excluding hydrogens is 260 g/mol. The molecule has 1 aromatic heterocycles. The summed E-state index contributed by atoms with van der Waals surface area (Å²) in [5, 5.41) is 3.34. The highest BCUT2D eigenvalue weighted by Crippen LogP contribution is 2.23. The summed E-state index contributed by atoms with van der Waals surface area (Å²) in [6.45, 7) is 10.4. The second kappa shape index (κ2) is 5.92. The normalized spacial score (nSPS) is 11.9. The van der Waals surface area contributed by atoms with E-state index in [0.717, 1.165) is 36.1 Å². The molecule has 1 heterocycles. The molecule has 21 heavy (non-hydrogen) atoms. The Kier molecular flexibility index (Phi) is 4.40. The van der Waals surface area contributed by atoms with Crippen LogP contribution < -0.4 is 5.56 Å². The lowest BCUT2D eigenvalue weighted by molar-refractivity contribution is 0.346. The van der Waals surface area contributed by atoms with Gasteiger partial charge in [0.05, 0.1) is 11.2 Å². The van der Waals surface area contributed by atoms with Gasteiger partial charge in [0.15, 0.2) is 0 Å². The fraction of sp³-hybridized carbons (Fsp3) is 0.500. The van der Waals surface area contributed by atoms with Crippen molar-refractivity contribution in [2.75, 3.05) is 0 Å². The van der Waals surface area contributed by atoms with Crippen LogP contribution in [0.1, 0.15) is 51.7 Å². The number of hydrogen-bond acceptors (Lipinski definition) is 1. The highest BCUT2D eigenvalue weighted by Gasteiger charge is 2.22. The molecule has 114 valence electrons. The van der Waals surface area contributed by atoms with Gasteiger partial charge in [0.2, 0.25) is 0 Å². The molecule has 0 saturated carbocycles. The average Bonchev–Trinajstić information content (AvgIpc) is 2.74. The number of unbranched alkanes of at least 4 members (excludes halogenated alkanes) is 1. The lowest BCUT2D eigenvalue weighted by atomic mass is 10.0. The van der Waals surface area contributed by atoms with Crippen molar-refractivity contribution in [3.63, 3.8) is 0 Å². The van der Waals surface area contributed by atoms with Crippen LogP contribution in [-0.2, 0) is 12.0 Å². The summed E-state index contributed by atoms with van der Waals surface area (Å²) in [6, 6.07) is 8.35. The Bertz CT molecular complexity index is 654. The van der Waals surface area contributed by atoms with E-state index in [1.54, 1.807) is 4.68 Å². The van der Waals surface area contributed by atoms with E-state index in [9.17, 15) is 4.79 Å². The molecule has 0 fully saturated rings. The number of hydrogen-bond donors (Lipinski definition) is 1. The zero-order valence-electron chi connectivity index (χ0n) is 13.8. The van der Waals surface area contributed by atoms with E-state index in [0.29, 0.717) is 0 Å². The van der Waals surface area contributed by atoms with Gasteiger partial charge in [-0.2, -0.15) is 0 Å². The van der Waals surface area contributed by atoms with Crippen molar-refractivity contribution in [2.24, 2.45) is 0 Å². The maximum absolute atomic E-state index is 12.7. The highest BCUT2D eigenvalue weighted by molar-refractivity contribution is 5.63. The fourth-order valence-corrected chi connectivity index (χ4v) is 2.49. The molecule has 2 rings (SSSR count). The van der Waals surface area contributed by atoms with Gasteiger partial charge in [-0.1, -0.05) is 43.2 Å². The Balaban J connectivity index is 2.58. The van der Waals surface area contributed by atoms with Crippen LogP contribution in [0.4, 0.5) is 0 Å². The molecule has 3 heteroatoms. The van der Waals surface area contributed by atoms with Crippen molar-refractivity contribution in [3.05, 3.63) is 45.7 Å². The minimum atomic E-state index is -0.235. The Labute approximate surface area is 127 Å². The molecule has 0 bridgehead atoms. The van der Waals surface area contributed by atoms with Crippen LogP contribution >= 0.6 is 0 Å². The van der Waals surface area contributed by atoms with Crippen molar-refractivity contribution < 1.29 is 0 Å². The Morgan fingerprint density at radius 2 is 1.76 bits per heavy atom. The predicted octanol–water partition coefficient (Wildman–Crippen LogP) is 4.25. The predicted molar refractivity (Wildman–Crippen MR) is 88.8 cm³/mol. The maximum Gasteiger partial charge on any atom is 0.270 e. The third-order valence-electron chi connectivity index (χ3n) is 3.78. The minimum absolute atomic E-state index is 0.117. The highest BCUT2D eigenvalue weighted by atomic mass is 16.1. The summed E-state index contributed by atoms with van der Waals surface area (Å²) < 4.78 is 1.76. The van der Waals surface area contributed by atoms with Gasteiger partial charge in [0.1, 0.15) is 0 Å². The van der Waals surface area contributed by atoms with Crippen LogP contribution in [0.3, 0.4) is 0 Å². The van der Waals surface area contributed by atoms with Crippen LogP contribution in [0, 0.1) is 6.92 Å². The summed E-state index contributed by atoms with van der Waals surface area (Å²) in [7, 11) is 0. The number of nitrogens with zero attached hydrogens (tertiary/aromatic N) is 1. The number of nitrogens with one attached hydrogen (secondary N) is 1. The minimum Gasteiger partial charge on any atom is -0.294 e. The number of rotatable bonds is 4. The largest absolute Gasteiger partial charge is 0.294 e. The van der Waals surface area contributed by atoms with Gasteiger partial charge in [0, 0.05) is 5.56 Å². The first kappa shape index (κ1) is 15.6. The number of benzene rings is 1. The summed E-state index contributed by atoms with van der Waals surface area (Å²) in [4.78, 5) is 12.7. The van der Waals surface area contributed by atoms with Gasteiger partial charge in [0.25, 0.3) is 5.56 Å². The number of H-pyrrole nitrogens is 1. The summed E-state index contributed by atoms with van der Waals surface area (Å²) in [6.07, 6.45) is 2.96. The molecule has 0 aliphatic heterocycles. The van der Waals surface area contributed by atoms with Crippen LogP contribution in [0.15, 0.2) is 29.1 Å². The number of aromatic amines is 1. The fourth-order valence-electron chi connectivity index (χ4n) is 2.49. The topological polar surface area (TPSA) is 37.8 Å². The molecule has 0 spiro atoms. The van der Waals surface area contributed by atoms with Crippen LogP contribution in [0.25, 0.3) is 11.3 Å². The second-order valence-corrected chi connectivity index (χ2v) is 6.75. The molecule has 1 aromatic carbocycles. The van der Waals surface area contributed by atoms with Gasteiger partial charge >= 0.3 is 0 Å². The van der Waals surface area contributed by atoms with E-state index in [-0.39, 0.29) is 11.1 Å². The van der Waals surface area contributed by atoms with E-state index >= 15 is 0 Å². The van der Waals surface area contributed by atoms with Crippen molar-refractivity contribution in [1.82, 2.24) is 9.78 Å². The standard InChI is InChI=1S/C18H26N2O/c1-6-7-8-15-16(14-11-9-13(2)10-12-14)19-20(17(15)21)18(3,4)5/h9-12,19H,6-8H2,1-5H3. The van der Waals surface area contributed by atoms with E-state index in [1.807, 2.05) is 20.8 Å². The monoisotopic (exact) mass is 286 g/mol. The number of aromatic nitrogens is 2. The SMILES string of the molecule is CCCCc1c(-c2ccc(C)cc2)[nH]n(C(C)(C)C)c1=O. The van der Waals surface area contributed by atoms with E-state index in [1.165, 1.54) is 5.56 Å². The molecular formula is C18H26N2O. The zero-order chi connectivity index (χ0) is 15.6. The van der Waals surface area contributed by atoms with E-state index < -0.39 is 0 Å². The molecule has 0 amide bonds. The smallest absolute Gasteiger partial charge is 0.270 e. The summed E-state index contributed by atoms with van der Waals surface area (Å²) in [5.74, 6) is 0. The van der Waals surface area contributed by atoms with Gasteiger partial charge in [-0.05, 0) is 46.1 Å². The molecule has 0 aliphatic rings. The Morgan fingerprint density at radius 3 is 2.29 bits per heavy atom. The molecule has 0 saturated heterocycles. The summed E-state index contributed by atoms with van der Waals surface area (Å²) in [5.41, 5.74) is 4.09. The molecule has 2 aromatic rings. The molecule has 0 atom stereocenters. The first-order chi connectivity index (χ1) is 9.84. The molecule has 1 N–H and O–H groups in total. The van der Waals surface area contributed by atoms with E-state index in [2.05, 4.69) is 43.2 Å². The van der Waals surface area contributed by atoms with Gasteiger partial charge in [-0.25, -0.2) is 4.68 Å². The van der Waals surface area contributed by atoms with Crippen molar-refractivity contribution in [1.29, 1.82) is 0 Å².